The van der Waals surface area contributed by atoms with Gasteiger partial charge in [-0.15, -0.1) is 0 Å². The number of hydrogen-bond acceptors (Lipinski definition) is 3. The van der Waals surface area contributed by atoms with Crippen molar-refractivity contribution in [2.45, 2.75) is 52.6 Å². The van der Waals surface area contributed by atoms with Gasteiger partial charge in [0.2, 0.25) is 0 Å². The van der Waals surface area contributed by atoms with Crippen molar-refractivity contribution in [1.29, 1.82) is 0 Å². The van der Waals surface area contributed by atoms with Crippen LogP contribution in [0.3, 0.4) is 0 Å². The van der Waals surface area contributed by atoms with E-state index in [0.29, 0.717) is 12.6 Å². The van der Waals surface area contributed by atoms with Crippen LogP contribution in [0.1, 0.15) is 41.0 Å². The maximum Gasteiger partial charge on any atom is 0.0660 e. The lowest BCUT2D eigenvalue weighted by molar-refractivity contribution is -0.0508. The predicted molar refractivity (Wildman–Crippen MR) is 73.1 cm³/mol. The SMILES string of the molecule is CCOCC(C)(CN)N1CC(C)CC(C)C1C. The first kappa shape index (κ1) is 14.9. The molecule has 1 aliphatic rings. The summed E-state index contributed by atoms with van der Waals surface area (Å²) in [4.78, 5) is 2.57. The van der Waals surface area contributed by atoms with Gasteiger partial charge >= 0.3 is 0 Å². The Labute approximate surface area is 107 Å². The smallest absolute Gasteiger partial charge is 0.0660 e. The van der Waals surface area contributed by atoms with Gasteiger partial charge in [0.05, 0.1) is 12.1 Å². The number of piperidine rings is 1. The fourth-order valence-electron chi connectivity index (χ4n) is 3.01. The molecule has 0 radical (unpaired) electrons. The zero-order valence-corrected chi connectivity index (χ0v) is 12.2. The van der Waals surface area contributed by atoms with Gasteiger partial charge in [-0.3, -0.25) is 4.90 Å². The van der Waals surface area contributed by atoms with Gasteiger partial charge in [0.15, 0.2) is 0 Å². The van der Waals surface area contributed by atoms with E-state index in [1.165, 1.54) is 6.42 Å². The Morgan fingerprint density at radius 3 is 2.53 bits per heavy atom. The van der Waals surface area contributed by atoms with Crippen molar-refractivity contribution in [2.24, 2.45) is 17.6 Å². The predicted octanol–water partition coefficient (Wildman–Crippen LogP) is 2.11. The van der Waals surface area contributed by atoms with E-state index in [1.807, 2.05) is 6.92 Å². The van der Waals surface area contributed by atoms with Crippen LogP contribution >= 0.6 is 0 Å². The molecule has 3 heteroatoms. The third-order valence-electron chi connectivity index (χ3n) is 4.35. The summed E-state index contributed by atoms with van der Waals surface area (Å²) in [5.41, 5.74) is 5.99. The first-order chi connectivity index (χ1) is 7.94. The molecule has 0 aromatic carbocycles. The third-order valence-corrected chi connectivity index (χ3v) is 4.35. The van der Waals surface area contributed by atoms with Crippen LogP contribution in [0.5, 0.6) is 0 Å². The van der Waals surface area contributed by atoms with Crippen LogP contribution in [0.2, 0.25) is 0 Å². The summed E-state index contributed by atoms with van der Waals surface area (Å²) in [5, 5.41) is 0. The number of likely N-dealkylation sites (tertiary alicyclic amines) is 1. The average Bonchev–Trinajstić information content (AvgIpc) is 2.30. The lowest BCUT2D eigenvalue weighted by Crippen LogP contribution is -2.62. The van der Waals surface area contributed by atoms with E-state index in [4.69, 9.17) is 10.5 Å². The quantitative estimate of drug-likeness (QED) is 0.802. The van der Waals surface area contributed by atoms with Crippen LogP contribution in [0.15, 0.2) is 0 Å². The highest BCUT2D eigenvalue weighted by molar-refractivity contribution is 4.95. The summed E-state index contributed by atoms with van der Waals surface area (Å²) in [7, 11) is 0. The van der Waals surface area contributed by atoms with E-state index in [0.717, 1.165) is 31.6 Å². The molecule has 0 aliphatic carbocycles. The normalized spacial score (nSPS) is 34.6. The van der Waals surface area contributed by atoms with Crippen molar-refractivity contribution >= 4 is 0 Å². The molecule has 0 saturated carbocycles. The standard InChI is InChI=1S/C14H30N2O/c1-6-17-10-14(5,9-15)16-8-11(2)7-12(3)13(16)4/h11-13H,6-10,15H2,1-5H3. The molecule has 1 fully saturated rings. The number of nitrogens with zero attached hydrogens (tertiary/aromatic N) is 1. The van der Waals surface area contributed by atoms with E-state index < -0.39 is 0 Å². The van der Waals surface area contributed by atoms with Gasteiger partial charge < -0.3 is 10.5 Å². The van der Waals surface area contributed by atoms with Crippen LogP contribution in [-0.2, 0) is 4.74 Å². The highest BCUT2D eigenvalue weighted by Crippen LogP contribution is 2.32. The minimum Gasteiger partial charge on any atom is -0.380 e. The highest BCUT2D eigenvalue weighted by Gasteiger charge is 2.39. The maximum absolute atomic E-state index is 6.01. The molecule has 1 saturated heterocycles. The van der Waals surface area contributed by atoms with Gasteiger partial charge in [-0.1, -0.05) is 13.8 Å². The lowest BCUT2D eigenvalue weighted by atomic mass is 9.82. The molecule has 0 aromatic rings. The summed E-state index contributed by atoms with van der Waals surface area (Å²) in [6.07, 6.45) is 1.33. The van der Waals surface area contributed by atoms with Crippen molar-refractivity contribution < 1.29 is 4.74 Å². The minimum atomic E-state index is -0.0155. The van der Waals surface area contributed by atoms with Crippen LogP contribution in [0.25, 0.3) is 0 Å². The molecular weight excluding hydrogens is 212 g/mol. The zero-order chi connectivity index (χ0) is 13.1. The molecule has 0 aromatic heterocycles. The molecule has 4 unspecified atom stereocenters. The molecule has 0 bridgehead atoms. The lowest BCUT2D eigenvalue weighted by Gasteiger charge is -2.50. The Balaban J connectivity index is 2.77. The number of nitrogens with two attached hydrogens (primary N) is 1. The number of ether oxygens (including phenoxy) is 1. The molecule has 1 aliphatic heterocycles. The van der Waals surface area contributed by atoms with Crippen LogP contribution in [0.4, 0.5) is 0 Å². The second-order valence-corrected chi connectivity index (χ2v) is 6.05. The average molecular weight is 242 g/mol. The van der Waals surface area contributed by atoms with Gasteiger partial charge in [0.1, 0.15) is 0 Å². The van der Waals surface area contributed by atoms with Gasteiger partial charge in [0, 0.05) is 25.7 Å². The number of hydrogen-bond donors (Lipinski definition) is 1. The van der Waals surface area contributed by atoms with Crippen LogP contribution in [0, 0.1) is 11.8 Å². The second kappa shape index (κ2) is 6.17. The molecule has 102 valence electrons. The van der Waals surface area contributed by atoms with Crippen molar-refractivity contribution in [3.8, 4) is 0 Å². The number of rotatable bonds is 5. The Morgan fingerprint density at radius 2 is 2.00 bits per heavy atom. The molecule has 3 nitrogen and oxygen atoms in total. The van der Waals surface area contributed by atoms with E-state index in [1.54, 1.807) is 0 Å². The van der Waals surface area contributed by atoms with E-state index in [2.05, 4.69) is 32.6 Å². The molecule has 1 heterocycles. The van der Waals surface area contributed by atoms with Crippen molar-refractivity contribution in [3.63, 3.8) is 0 Å². The molecule has 2 N–H and O–H groups in total. The Morgan fingerprint density at radius 1 is 1.35 bits per heavy atom. The Hall–Kier alpha value is -0.120. The summed E-state index contributed by atoms with van der Waals surface area (Å²) in [5.74, 6) is 1.50. The minimum absolute atomic E-state index is 0.0155. The van der Waals surface area contributed by atoms with Crippen molar-refractivity contribution in [3.05, 3.63) is 0 Å². The van der Waals surface area contributed by atoms with Gasteiger partial charge in [-0.2, -0.15) is 0 Å². The summed E-state index contributed by atoms with van der Waals surface area (Å²) >= 11 is 0. The molecular formula is C14H30N2O. The monoisotopic (exact) mass is 242 g/mol. The first-order valence-electron chi connectivity index (χ1n) is 6.99. The molecule has 1 rings (SSSR count). The fourth-order valence-corrected chi connectivity index (χ4v) is 3.01. The van der Waals surface area contributed by atoms with E-state index >= 15 is 0 Å². The van der Waals surface area contributed by atoms with Gasteiger partial charge in [-0.05, 0) is 39.0 Å². The maximum atomic E-state index is 6.01. The highest BCUT2D eigenvalue weighted by atomic mass is 16.5. The molecule has 0 amide bonds. The first-order valence-corrected chi connectivity index (χ1v) is 6.99. The molecule has 17 heavy (non-hydrogen) atoms. The van der Waals surface area contributed by atoms with Crippen molar-refractivity contribution in [2.75, 3.05) is 26.3 Å². The zero-order valence-electron chi connectivity index (χ0n) is 12.2. The van der Waals surface area contributed by atoms with E-state index in [9.17, 15) is 0 Å². The Kier molecular flexibility index (Phi) is 5.42. The fraction of sp³-hybridized carbons (Fsp3) is 1.00. The Bertz CT molecular complexity index is 234. The summed E-state index contributed by atoms with van der Waals surface area (Å²) in [6.45, 7) is 14.6. The molecule has 0 spiro atoms. The van der Waals surface area contributed by atoms with E-state index in [-0.39, 0.29) is 5.54 Å². The topological polar surface area (TPSA) is 38.5 Å². The van der Waals surface area contributed by atoms with Crippen molar-refractivity contribution in [1.82, 2.24) is 4.90 Å². The molecule has 4 atom stereocenters. The van der Waals surface area contributed by atoms with Crippen LogP contribution in [-0.4, -0.2) is 42.8 Å². The third kappa shape index (κ3) is 3.43. The summed E-state index contributed by atoms with van der Waals surface area (Å²) < 4.78 is 5.64. The second-order valence-electron chi connectivity index (χ2n) is 6.05. The summed E-state index contributed by atoms with van der Waals surface area (Å²) in [6, 6.07) is 0.597. The largest absolute Gasteiger partial charge is 0.380 e. The van der Waals surface area contributed by atoms with Crippen LogP contribution < -0.4 is 5.73 Å². The van der Waals surface area contributed by atoms with Gasteiger partial charge in [0.25, 0.3) is 0 Å². The van der Waals surface area contributed by atoms with Gasteiger partial charge in [-0.25, -0.2) is 0 Å².